The van der Waals surface area contributed by atoms with E-state index in [2.05, 4.69) is 24.3 Å². The number of carbonyl (C=O) groups is 2. The maximum atomic E-state index is 13.0. The van der Waals surface area contributed by atoms with Gasteiger partial charge in [0.1, 0.15) is 12.1 Å². The van der Waals surface area contributed by atoms with Gasteiger partial charge >= 0.3 is 12.1 Å². The van der Waals surface area contributed by atoms with Gasteiger partial charge in [-0.2, -0.15) is 0 Å². The Kier molecular flexibility index (Phi) is 4.52. The zero-order valence-electron chi connectivity index (χ0n) is 16.5. The van der Waals surface area contributed by atoms with Crippen molar-refractivity contribution >= 4 is 12.1 Å². The number of benzene rings is 2. The maximum Gasteiger partial charge on any atom is 0.410 e. The number of fused-ring (bicyclic) bond motifs is 5. The van der Waals surface area contributed by atoms with Gasteiger partial charge in [0.15, 0.2) is 0 Å². The van der Waals surface area contributed by atoms with E-state index in [-0.39, 0.29) is 38.6 Å². The van der Waals surface area contributed by atoms with E-state index in [9.17, 15) is 14.7 Å². The highest BCUT2D eigenvalue weighted by atomic mass is 16.6. The molecule has 30 heavy (non-hydrogen) atoms. The second-order valence-corrected chi connectivity index (χ2v) is 8.43. The zero-order chi connectivity index (χ0) is 20.9. The molecule has 2 aliphatic heterocycles. The number of aliphatic carboxylic acids is 1. The van der Waals surface area contributed by atoms with Gasteiger partial charge in [-0.15, -0.1) is 0 Å². The van der Waals surface area contributed by atoms with Crippen LogP contribution in [-0.2, 0) is 14.3 Å². The number of rotatable bonds is 3. The van der Waals surface area contributed by atoms with Gasteiger partial charge in [0.25, 0.3) is 0 Å². The van der Waals surface area contributed by atoms with E-state index >= 15 is 0 Å². The molecule has 0 saturated carbocycles. The summed E-state index contributed by atoms with van der Waals surface area (Å²) in [4.78, 5) is 26.3. The predicted octanol–water partition coefficient (Wildman–Crippen LogP) is 2.58. The summed E-state index contributed by atoms with van der Waals surface area (Å²) < 4.78 is 11.4. The van der Waals surface area contributed by atoms with Crippen LogP contribution in [0, 0.1) is 0 Å². The molecule has 2 bridgehead atoms. The molecular formula is C23H24N2O5. The van der Waals surface area contributed by atoms with E-state index in [1.165, 1.54) is 11.1 Å². The van der Waals surface area contributed by atoms with Crippen LogP contribution in [0.2, 0.25) is 0 Å². The first kappa shape index (κ1) is 19.1. The summed E-state index contributed by atoms with van der Waals surface area (Å²) in [6.07, 6.45) is -0.117. The molecule has 2 heterocycles. The van der Waals surface area contributed by atoms with Gasteiger partial charge in [0.2, 0.25) is 0 Å². The van der Waals surface area contributed by atoms with Gasteiger partial charge in [-0.25, -0.2) is 4.79 Å². The normalized spacial score (nSPS) is 27.3. The van der Waals surface area contributed by atoms with Crippen LogP contribution < -0.4 is 5.73 Å². The largest absolute Gasteiger partial charge is 0.480 e. The van der Waals surface area contributed by atoms with Gasteiger partial charge < -0.3 is 20.3 Å². The number of piperidine rings is 1. The van der Waals surface area contributed by atoms with Crippen molar-refractivity contribution in [2.45, 2.75) is 36.4 Å². The van der Waals surface area contributed by atoms with E-state index in [0.717, 1.165) is 11.1 Å². The monoisotopic (exact) mass is 408 g/mol. The van der Waals surface area contributed by atoms with Crippen molar-refractivity contribution in [1.82, 2.24) is 4.90 Å². The SMILES string of the molecule is NC1(C(=O)O)CC2COCC(C1)N2C(=O)OCC1c2ccccc2-c2ccccc21. The van der Waals surface area contributed by atoms with Crippen LogP contribution in [-0.4, -0.2) is 59.5 Å². The van der Waals surface area contributed by atoms with Crippen molar-refractivity contribution in [1.29, 1.82) is 0 Å². The molecule has 3 aliphatic rings. The highest BCUT2D eigenvalue weighted by molar-refractivity contribution is 5.80. The summed E-state index contributed by atoms with van der Waals surface area (Å²) in [5.41, 5.74) is 9.42. The van der Waals surface area contributed by atoms with Crippen molar-refractivity contribution in [3.05, 3.63) is 59.7 Å². The third kappa shape index (κ3) is 2.97. The van der Waals surface area contributed by atoms with E-state index in [1.54, 1.807) is 4.90 Å². The van der Waals surface area contributed by atoms with Gasteiger partial charge in [-0.1, -0.05) is 48.5 Å². The number of carbonyl (C=O) groups excluding carboxylic acids is 1. The molecule has 0 aromatic heterocycles. The van der Waals surface area contributed by atoms with Gasteiger partial charge in [0.05, 0.1) is 25.3 Å². The van der Waals surface area contributed by atoms with Crippen LogP contribution in [0.25, 0.3) is 11.1 Å². The molecule has 2 fully saturated rings. The van der Waals surface area contributed by atoms with Crippen LogP contribution in [0.3, 0.4) is 0 Å². The Labute approximate surface area is 174 Å². The molecule has 3 N–H and O–H groups in total. The first-order chi connectivity index (χ1) is 14.5. The van der Waals surface area contributed by atoms with Crippen molar-refractivity contribution in [3.8, 4) is 11.1 Å². The maximum absolute atomic E-state index is 13.0. The van der Waals surface area contributed by atoms with E-state index in [1.807, 2.05) is 24.3 Å². The molecule has 2 aromatic carbocycles. The molecule has 5 rings (SSSR count). The molecule has 156 valence electrons. The van der Waals surface area contributed by atoms with Crippen molar-refractivity contribution in [3.63, 3.8) is 0 Å². The van der Waals surface area contributed by atoms with E-state index in [4.69, 9.17) is 15.2 Å². The van der Waals surface area contributed by atoms with E-state index in [0.29, 0.717) is 0 Å². The third-order valence-corrected chi connectivity index (χ3v) is 6.58. The molecule has 7 nitrogen and oxygen atoms in total. The number of hydrogen-bond donors (Lipinski definition) is 2. The summed E-state index contributed by atoms with van der Waals surface area (Å²) in [5, 5.41) is 9.51. The molecule has 1 aliphatic carbocycles. The molecule has 0 spiro atoms. The van der Waals surface area contributed by atoms with Crippen molar-refractivity contribution in [2.24, 2.45) is 5.73 Å². The Morgan fingerprint density at radius 3 is 2.10 bits per heavy atom. The Morgan fingerprint density at radius 2 is 1.57 bits per heavy atom. The lowest BCUT2D eigenvalue weighted by Crippen LogP contribution is -2.68. The molecule has 7 heteroatoms. The van der Waals surface area contributed by atoms with Crippen LogP contribution in [0.4, 0.5) is 4.79 Å². The summed E-state index contributed by atoms with van der Waals surface area (Å²) in [5.74, 6) is -1.05. The Hall–Kier alpha value is -2.90. The lowest BCUT2D eigenvalue weighted by molar-refractivity contribution is -0.152. The first-order valence-electron chi connectivity index (χ1n) is 10.2. The predicted molar refractivity (Wildman–Crippen MR) is 109 cm³/mol. The lowest BCUT2D eigenvalue weighted by atomic mass is 9.79. The van der Waals surface area contributed by atoms with Crippen LogP contribution in [0.1, 0.15) is 29.9 Å². The van der Waals surface area contributed by atoms with Gasteiger partial charge in [-0.05, 0) is 35.1 Å². The number of nitrogens with zero attached hydrogens (tertiary/aromatic N) is 1. The summed E-state index contributed by atoms with van der Waals surface area (Å²) >= 11 is 0. The highest BCUT2D eigenvalue weighted by Gasteiger charge is 2.51. The lowest BCUT2D eigenvalue weighted by Gasteiger charge is -2.49. The number of amides is 1. The molecule has 2 aromatic rings. The Balaban J connectivity index is 1.34. The summed E-state index contributed by atoms with van der Waals surface area (Å²) in [6.45, 7) is 0.774. The van der Waals surface area contributed by atoms with Crippen molar-refractivity contribution in [2.75, 3.05) is 19.8 Å². The topological polar surface area (TPSA) is 102 Å². The number of ether oxygens (including phenoxy) is 2. The molecule has 2 saturated heterocycles. The average Bonchev–Trinajstić information content (AvgIpc) is 3.05. The number of morpholine rings is 1. The van der Waals surface area contributed by atoms with E-state index < -0.39 is 29.7 Å². The molecule has 2 unspecified atom stereocenters. The van der Waals surface area contributed by atoms with Crippen molar-refractivity contribution < 1.29 is 24.2 Å². The zero-order valence-corrected chi connectivity index (χ0v) is 16.5. The number of carboxylic acids is 1. The second-order valence-electron chi connectivity index (χ2n) is 8.43. The van der Waals surface area contributed by atoms with Crippen LogP contribution in [0.5, 0.6) is 0 Å². The first-order valence-corrected chi connectivity index (χ1v) is 10.2. The number of hydrogen-bond acceptors (Lipinski definition) is 5. The smallest absolute Gasteiger partial charge is 0.410 e. The van der Waals surface area contributed by atoms with Gasteiger partial charge in [-0.3, -0.25) is 9.69 Å². The second kappa shape index (κ2) is 7.11. The minimum absolute atomic E-state index is 0.0187. The molecular weight excluding hydrogens is 384 g/mol. The molecule has 1 amide bonds. The molecule has 0 radical (unpaired) electrons. The number of carboxylic acid groups (broad SMARTS) is 1. The fourth-order valence-corrected chi connectivity index (χ4v) is 5.18. The summed E-state index contributed by atoms with van der Waals surface area (Å²) in [7, 11) is 0. The minimum atomic E-state index is -1.33. The van der Waals surface area contributed by atoms with Crippen LogP contribution in [0.15, 0.2) is 48.5 Å². The third-order valence-electron chi connectivity index (χ3n) is 6.58. The Bertz CT molecular complexity index is 947. The fourth-order valence-electron chi connectivity index (χ4n) is 5.18. The molecule has 2 atom stereocenters. The minimum Gasteiger partial charge on any atom is -0.480 e. The standard InChI is InChI=1S/C23H24N2O5/c24-23(21(26)27)9-14-11-29-12-15(10-23)25(14)22(28)30-13-20-18-7-3-1-5-16(18)17-6-2-4-8-19(17)20/h1-8,14-15,20H,9-13,24H2,(H,26,27). The Morgan fingerprint density at radius 1 is 1.03 bits per heavy atom. The number of nitrogens with two attached hydrogens (primary N) is 1. The highest BCUT2D eigenvalue weighted by Crippen LogP contribution is 2.44. The quantitative estimate of drug-likeness (QED) is 0.809. The van der Waals surface area contributed by atoms with Gasteiger partial charge in [0, 0.05) is 5.92 Å². The van der Waals surface area contributed by atoms with Crippen LogP contribution >= 0.6 is 0 Å². The fraction of sp³-hybridized carbons (Fsp3) is 0.391. The summed E-state index contributed by atoms with van der Waals surface area (Å²) in [6, 6.07) is 15.6. The average molecular weight is 408 g/mol.